The normalized spacial score (nSPS) is 14.9. The van der Waals surface area contributed by atoms with Gasteiger partial charge in [0.15, 0.2) is 17.3 Å². The van der Waals surface area contributed by atoms with Crippen molar-refractivity contribution in [3.8, 4) is 0 Å². The zero-order chi connectivity index (χ0) is 13.8. The maximum absolute atomic E-state index is 13.6. The third kappa shape index (κ3) is 3.05. The Kier molecular flexibility index (Phi) is 4.06. The molecule has 7 heteroatoms. The van der Waals surface area contributed by atoms with E-state index in [1.54, 1.807) is 0 Å². The van der Waals surface area contributed by atoms with E-state index in [-0.39, 0.29) is 6.54 Å². The Morgan fingerprint density at radius 3 is 2.84 bits per heavy atom. The second-order valence-electron chi connectivity index (χ2n) is 4.18. The van der Waals surface area contributed by atoms with Gasteiger partial charge in [-0.1, -0.05) is 11.6 Å². The van der Waals surface area contributed by atoms with Crippen LogP contribution in [-0.4, -0.2) is 24.6 Å². The number of nitro benzene ring substituents is 1. The van der Waals surface area contributed by atoms with Crippen molar-refractivity contribution in [3.63, 3.8) is 0 Å². The Hall–Kier alpha value is -2.02. The van der Waals surface area contributed by atoms with Crippen molar-refractivity contribution >= 4 is 11.4 Å². The van der Waals surface area contributed by atoms with Crippen LogP contribution in [0.25, 0.3) is 0 Å². The van der Waals surface area contributed by atoms with Crippen LogP contribution in [-0.2, 0) is 0 Å². The first kappa shape index (κ1) is 13.4. The van der Waals surface area contributed by atoms with Gasteiger partial charge in [-0.05, 0) is 19.0 Å². The van der Waals surface area contributed by atoms with E-state index < -0.39 is 27.9 Å². The molecule has 102 valence electrons. The number of benzene rings is 1. The predicted octanol–water partition coefficient (Wildman–Crippen LogP) is 2.20. The predicted molar refractivity (Wildman–Crippen MR) is 67.1 cm³/mol. The molecule has 1 aliphatic rings. The second-order valence-corrected chi connectivity index (χ2v) is 4.18. The van der Waals surface area contributed by atoms with Crippen molar-refractivity contribution in [1.29, 1.82) is 0 Å². The molecule has 0 amide bonds. The molecule has 0 saturated heterocycles. The molecule has 0 unspecified atom stereocenters. The molecule has 0 radical (unpaired) electrons. The summed E-state index contributed by atoms with van der Waals surface area (Å²) in [5.74, 6) is -2.32. The van der Waals surface area contributed by atoms with Gasteiger partial charge in [-0.3, -0.25) is 10.1 Å². The number of rotatable bonds is 4. The number of hydrogen-bond acceptors (Lipinski definition) is 4. The van der Waals surface area contributed by atoms with Gasteiger partial charge in [-0.2, -0.15) is 0 Å². The third-order valence-electron chi connectivity index (χ3n) is 2.92. The van der Waals surface area contributed by atoms with Gasteiger partial charge in [-0.25, -0.2) is 8.78 Å². The van der Waals surface area contributed by atoms with Gasteiger partial charge in [0, 0.05) is 19.2 Å². The Morgan fingerprint density at radius 2 is 2.21 bits per heavy atom. The molecule has 0 aromatic heterocycles. The lowest BCUT2D eigenvalue weighted by molar-refractivity contribution is -0.384. The summed E-state index contributed by atoms with van der Waals surface area (Å²) in [4.78, 5) is 10.1. The van der Waals surface area contributed by atoms with Gasteiger partial charge >= 0.3 is 0 Å². The highest BCUT2D eigenvalue weighted by Crippen LogP contribution is 2.29. The number of hydrogen-bond donors (Lipinski definition) is 2. The molecule has 0 aliphatic carbocycles. The lowest BCUT2D eigenvalue weighted by Gasteiger charge is -2.15. The average molecular weight is 269 g/mol. The van der Waals surface area contributed by atoms with E-state index in [1.165, 1.54) is 0 Å². The van der Waals surface area contributed by atoms with Crippen LogP contribution in [0, 0.1) is 21.7 Å². The fourth-order valence-corrected chi connectivity index (χ4v) is 1.89. The molecule has 0 spiro atoms. The SMILES string of the molecule is O=[N+]([O-])c1ccc(F)c(F)c1NCC1=CCNCC1. The minimum Gasteiger partial charge on any atom is -0.373 e. The van der Waals surface area contributed by atoms with Crippen LogP contribution in [0.1, 0.15) is 6.42 Å². The summed E-state index contributed by atoms with van der Waals surface area (Å²) in [6.45, 7) is 1.79. The minimum absolute atomic E-state index is 0.267. The Bertz CT molecular complexity index is 532. The maximum Gasteiger partial charge on any atom is 0.295 e. The Morgan fingerprint density at radius 1 is 1.42 bits per heavy atom. The Labute approximate surface area is 108 Å². The molecule has 0 bridgehead atoms. The van der Waals surface area contributed by atoms with Crippen LogP contribution >= 0.6 is 0 Å². The maximum atomic E-state index is 13.6. The van der Waals surface area contributed by atoms with E-state index in [4.69, 9.17) is 0 Å². The lowest BCUT2D eigenvalue weighted by atomic mass is 10.1. The van der Waals surface area contributed by atoms with Crippen LogP contribution in [0.2, 0.25) is 0 Å². The van der Waals surface area contributed by atoms with Crippen molar-refractivity contribution in [1.82, 2.24) is 5.32 Å². The summed E-state index contributed by atoms with van der Waals surface area (Å²) in [6.07, 6.45) is 2.71. The topological polar surface area (TPSA) is 67.2 Å². The molecule has 0 saturated carbocycles. The first-order valence-corrected chi connectivity index (χ1v) is 5.84. The van der Waals surface area contributed by atoms with E-state index in [0.29, 0.717) is 6.54 Å². The van der Waals surface area contributed by atoms with Crippen molar-refractivity contribution in [3.05, 3.63) is 45.5 Å². The minimum atomic E-state index is -1.22. The highest BCUT2D eigenvalue weighted by molar-refractivity contribution is 5.63. The summed E-state index contributed by atoms with van der Waals surface area (Å²) in [5.41, 5.74) is 0.148. The molecule has 1 aliphatic heterocycles. The van der Waals surface area contributed by atoms with Gasteiger partial charge in [0.25, 0.3) is 5.69 Å². The van der Waals surface area contributed by atoms with Crippen molar-refractivity contribution in [2.45, 2.75) is 6.42 Å². The molecule has 0 fully saturated rings. The standard InChI is InChI=1S/C12H13F2N3O2/c13-9-1-2-10(17(18)19)12(11(9)14)16-7-8-3-5-15-6-4-8/h1-3,15-16H,4-7H2. The average Bonchev–Trinajstić information content (AvgIpc) is 2.41. The van der Waals surface area contributed by atoms with Gasteiger partial charge in [-0.15, -0.1) is 0 Å². The molecule has 0 atom stereocenters. The van der Waals surface area contributed by atoms with Gasteiger partial charge in [0.05, 0.1) is 4.92 Å². The fraction of sp³-hybridized carbons (Fsp3) is 0.333. The summed E-state index contributed by atoms with van der Waals surface area (Å²) >= 11 is 0. The zero-order valence-corrected chi connectivity index (χ0v) is 10.1. The van der Waals surface area contributed by atoms with Crippen LogP contribution in [0.5, 0.6) is 0 Å². The molecule has 1 aromatic rings. The van der Waals surface area contributed by atoms with Crippen molar-refractivity contribution in [2.75, 3.05) is 25.0 Å². The molecule has 5 nitrogen and oxygen atoms in total. The number of anilines is 1. The lowest BCUT2D eigenvalue weighted by Crippen LogP contribution is -2.23. The van der Waals surface area contributed by atoms with Crippen LogP contribution < -0.4 is 10.6 Å². The van der Waals surface area contributed by atoms with Crippen LogP contribution in [0.15, 0.2) is 23.8 Å². The second kappa shape index (κ2) is 5.75. The third-order valence-corrected chi connectivity index (χ3v) is 2.92. The monoisotopic (exact) mass is 269 g/mol. The highest BCUT2D eigenvalue weighted by atomic mass is 19.2. The molecular weight excluding hydrogens is 256 g/mol. The first-order chi connectivity index (χ1) is 9.09. The van der Waals surface area contributed by atoms with Gasteiger partial charge < -0.3 is 10.6 Å². The zero-order valence-electron chi connectivity index (χ0n) is 10.1. The number of halogens is 2. The number of nitro groups is 1. The highest BCUT2D eigenvalue weighted by Gasteiger charge is 2.21. The fourth-order valence-electron chi connectivity index (χ4n) is 1.89. The van der Waals surface area contributed by atoms with E-state index >= 15 is 0 Å². The Balaban J connectivity index is 2.20. The summed E-state index contributed by atoms with van der Waals surface area (Å²) in [7, 11) is 0. The molecule has 19 heavy (non-hydrogen) atoms. The van der Waals surface area contributed by atoms with Crippen molar-refractivity contribution < 1.29 is 13.7 Å². The van der Waals surface area contributed by atoms with Crippen LogP contribution in [0.3, 0.4) is 0 Å². The van der Waals surface area contributed by atoms with E-state index in [9.17, 15) is 18.9 Å². The smallest absolute Gasteiger partial charge is 0.295 e. The van der Waals surface area contributed by atoms with Gasteiger partial charge in [0.2, 0.25) is 0 Å². The summed E-state index contributed by atoms with van der Waals surface area (Å²) in [5, 5.41) is 16.5. The summed E-state index contributed by atoms with van der Waals surface area (Å²) in [6, 6.07) is 1.71. The molecular formula is C12H13F2N3O2. The molecule has 1 aromatic carbocycles. The van der Waals surface area contributed by atoms with E-state index in [2.05, 4.69) is 10.6 Å². The number of nitrogens with one attached hydrogen (secondary N) is 2. The quantitative estimate of drug-likeness (QED) is 0.499. The van der Waals surface area contributed by atoms with Crippen LogP contribution in [0.4, 0.5) is 20.2 Å². The molecule has 2 N–H and O–H groups in total. The first-order valence-electron chi connectivity index (χ1n) is 5.84. The van der Waals surface area contributed by atoms with Gasteiger partial charge in [0.1, 0.15) is 0 Å². The largest absolute Gasteiger partial charge is 0.373 e. The number of nitrogens with zero attached hydrogens (tertiary/aromatic N) is 1. The van der Waals surface area contributed by atoms with E-state index in [1.807, 2.05) is 6.08 Å². The van der Waals surface area contributed by atoms with E-state index in [0.717, 1.165) is 30.7 Å². The molecule has 1 heterocycles. The molecule has 2 rings (SSSR count). The summed E-state index contributed by atoms with van der Waals surface area (Å²) < 4.78 is 26.7. The van der Waals surface area contributed by atoms with Crippen molar-refractivity contribution in [2.24, 2.45) is 0 Å².